The SMILES string of the molecule is CCCOc1ccc(NP(=O)(Oc2ccccc2F)Oc2ccccc2F)cc1. The van der Waals surface area contributed by atoms with E-state index in [9.17, 15) is 13.3 Å². The fraction of sp³-hybridized carbons (Fsp3) is 0.143. The molecular weight excluding hydrogens is 399 g/mol. The predicted octanol–water partition coefficient (Wildman–Crippen LogP) is 6.43. The first-order valence-electron chi connectivity index (χ1n) is 8.98. The van der Waals surface area contributed by atoms with Gasteiger partial charge < -0.3 is 13.8 Å². The monoisotopic (exact) mass is 419 g/mol. The Morgan fingerprint density at radius 3 is 1.83 bits per heavy atom. The summed E-state index contributed by atoms with van der Waals surface area (Å²) in [4.78, 5) is 0. The third-order valence-electron chi connectivity index (χ3n) is 3.70. The zero-order valence-electron chi connectivity index (χ0n) is 15.7. The molecule has 8 heteroatoms. The fourth-order valence-electron chi connectivity index (χ4n) is 2.36. The minimum absolute atomic E-state index is 0.289. The molecule has 0 heterocycles. The molecule has 152 valence electrons. The van der Waals surface area contributed by atoms with Crippen molar-refractivity contribution in [2.75, 3.05) is 11.7 Å². The summed E-state index contributed by atoms with van der Waals surface area (Å²) in [5.74, 6) is -1.40. The lowest BCUT2D eigenvalue weighted by Crippen LogP contribution is -2.11. The second-order valence-corrected chi connectivity index (χ2v) is 7.61. The highest BCUT2D eigenvalue weighted by Crippen LogP contribution is 2.49. The van der Waals surface area contributed by atoms with Crippen molar-refractivity contribution >= 4 is 13.4 Å². The van der Waals surface area contributed by atoms with Crippen LogP contribution in [0.25, 0.3) is 0 Å². The zero-order chi connectivity index (χ0) is 20.7. The molecule has 0 amide bonds. The van der Waals surface area contributed by atoms with Gasteiger partial charge in [-0.05, 0) is 55.0 Å². The molecule has 0 atom stereocenters. The van der Waals surface area contributed by atoms with Gasteiger partial charge in [0.05, 0.1) is 6.61 Å². The van der Waals surface area contributed by atoms with E-state index in [-0.39, 0.29) is 11.5 Å². The number of rotatable bonds is 9. The maximum atomic E-state index is 14.0. The Kier molecular flexibility index (Phi) is 6.73. The van der Waals surface area contributed by atoms with Crippen molar-refractivity contribution in [2.24, 2.45) is 0 Å². The summed E-state index contributed by atoms with van der Waals surface area (Å²) in [5.41, 5.74) is 0.366. The Morgan fingerprint density at radius 1 is 0.828 bits per heavy atom. The van der Waals surface area contributed by atoms with E-state index >= 15 is 0 Å². The predicted molar refractivity (Wildman–Crippen MR) is 108 cm³/mol. The fourth-order valence-corrected chi connectivity index (χ4v) is 3.77. The zero-order valence-corrected chi connectivity index (χ0v) is 16.6. The van der Waals surface area contributed by atoms with E-state index in [1.165, 1.54) is 36.4 Å². The van der Waals surface area contributed by atoms with E-state index in [0.717, 1.165) is 18.6 Å². The molecule has 0 saturated carbocycles. The van der Waals surface area contributed by atoms with E-state index < -0.39 is 19.4 Å². The maximum Gasteiger partial charge on any atom is 0.541 e. The van der Waals surface area contributed by atoms with Crippen LogP contribution in [0.5, 0.6) is 17.2 Å². The average molecular weight is 419 g/mol. The average Bonchev–Trinajstić information content (AvgIpc) is 2.71. The lowest BCUT2D eigenvalue weighted by atomic mass is 10.3. The largest absolute Gasteiger partial charge is 0.541 e. The molecule has 0 unspecified atom stereocenters. The van der Waals surface area contributed by atoms with Gasteiger partial charge in [-0.2, -0.15) is 0 Å². The van der Waals surface area contributed by atoms with E-state index in [0.29, 0.717) is 18.0 Å². The first-order chi connectivity index (χ1) is 14.0. The third kappa shape index (κ3) is 5.72. The smallest absolute Gasteiger partial charge is 0.494 e. The first-order valence-corrected chi connectivity index (χ1v) is 10.5. The highest BCUT2D eigenvalue weighted by Gasteiger charge is 2.31. The van der Waals surface area contributed by atoms with E-state index in [2.05, 4.69) is 5.09 Å². The molecule has 0 bridgehead atoms. The normalized spacial score (nSPS) is 11.0. The Labute approximate surface area is 167 Å². The standard InChI is InChI=1S/C21H20F2NO4P/c1-2-15-26-17-13-11-16(12-14-17)24-29(25,27-20-9-5-3-7-18(20)22)28-21-10-6-4-8-19(21)23/h3-14H,2,15H2,1H3,(H,24,25). The summed E-state index contributed by atoms with van der Waals surface area (Å²) in [6.07, 6.45) is 0.863. The van der Waals surface area contributed by atoms with Crippen LogP contribution in [0.4, 0.5) is 14.5 Å². The van der Waals surface area contributed by atoms with Crippen molar-refractivity contribution < 1.29 is 27.1 Å². The third-order valence-corrected chi connectivity index (χ3v) is 5.11. The minimum atomic E-state index is -4.25. The van der Waals surface area contributed by atoms with Gasteiger partial charge in [-0.3, -0.25) is 5.09 Å². The van der Waals surface area contributed by atoms with Gasteiger partial charge in [0.15, 0.2) is 23.1 Å². The lowest BCUT2D eigenvalue weighted by molar-refractivity contribution is 0.317. The second kappa shape index (κ2) is 9.43. The van der Waals surface area contributed by atoms with Gasteiger partial charge in [0.1, 0.15) is 5.75 Å². The number of anilines is 1. The van der Waals surface area contributed by atoms with Gasteiger partial charge in [-0.25, -0.2) is 13.3 Å². The number of ether oxygens (including phenoxy) is 1. The van der Waals surface area contributed by atoms with Crippen LogP contribution in [0.1, 0.15) is 13.3 Å². The van der Waals surface area contributed by atoms with Crippen LogP contribution in [0.3, 0.4) is 0 Å². The quantitative estimate of drug-likeness (QED) is 0.405. The number of nitrogens with one attached hydrogen (secondary N) is 1. The molecule has 0 aliphatic rings. The van der Waals surface area contributed by atoms with Crippen LogP contribution < -0.4 is 18.9 Å². The first kappa shape index (κ1) is 20.7. The van der Waals surface area contributed by atoms with Crippen LogP contribution in [0.2, 0.25) is 0 Å². The summed E-state index contributed by atoms with van der Waals surface area (Å²) < 4.78 is 57.6. The molecule has 5 nitrogen and oxygen atoms in total. The van der Waals surface area contributed by atoms with E-state index in [4.69, 9.17) is 13.8 Å². The van der Waals surface area contributed by atoms with Gasteiger partial charge in [-0.1, -0.05) is 31.2 Å². The molecule has 3 rings (SSSR count). The van der Waals surface area contributed by atoms with Gasteiger partial charge in [0.2, 0.25) is 0 Å². The molecule has 29 heavy (non-hydrogen) atoms. The number of halogens is 2. The number of benzene rings is 3. The number of hydrogen-bond acceptors (Lipinski definition) is 4. The molecule has 0 aromatic heterocycles. The molecule has 1 N–H and O–H groups in total. The van der Waals surface area contributed by atoms with E-state index in [1.54, 1.807) is 24.3 Å². The molecule has 0 fully saturated rings. The van der Waals surface area contributed by atoms with Crippen molar-refractivity contribution in [3.63, 3.8) is 0 Å². The summed E-state index contributed by atoms with van der Waals surface area (Å²) in [6, 6.07) is 17.4. The maximum absolute atomic E-state index is 14.0. The summed E-state index contributed by atoms with van der Waals surface area (Å²) in [7, 11) is -4.25. The number of hydrogen-bond donors (Lipinski definition) is 1. The van der Waals surface area contributed by atoms with Crippen molar-refractivity contribution in [3.05, 3.63) is 84.4 Å². The number of para-hydroxylation sites is 2. The van der Waals surface area contributed by atoms with Crippen LogP contribution in [0, 0.1) is 11.6 Å². The van der Waals surface area contributed by atoms with Gasteiger partial charge in [-0.15, -0.1) is 0 Å². The highest BCUT2D eigenvalue weighted by atomic mass is 31.2. The summed E-state index contributed by atoms with van der Waals surface area (Å²) in [5, 5.41) is 2.61. The van der Waals surface area contributed by atoms with Gasteiger partial charge in [0, 0.05) is 5.69 Å². The van der Waals surface area contributed by atoms with Crippen molar-refractivity contribution in [3.8, 4) is 17.2 Å². The molecule has 0 spiro atoms. The minimum Gasteiger partial charge on any atom is -0.494 e. The highest BCUT2D eigenvalue weighted by molar-refractivity contribution is 7.56. The van der Waals surface area contributed by atoms with Crippen LogP contribution in [-0.4, -0.2) is 6.61 Å². The van der Waals surface area contributed by atoms with Crippen LogP contribution in [0.15, 0.2) is 72.8 Å². The van der Waals surface area contributed by atoms with E-state index in [1.807, 2.05) is 6.92 Å². The van der Waals surface area contributed by atoms with Gasteiger partial charge >= 0.3 is 7.75 Å². The Morgan fingerprint density at radius 2 is 1.34 bits per heavy atom. The molecule has 0 radical (unpaired) electrons. The summed E-state index contributed by atoms with van der Waals surface area (Å²) in [6.45, 7) is 2.56. The topological polar surface area (TPSA) is 56.8 Å². The Bertz CT molecular complexity index is 946. The molecule has 3 aromatic carbocycles. The van der Waals surface area contributed by atoms with Crippen molar-refractivity contribution in [1.29, 1.82) is 0 Å². The second-order valence-electron chi connectivity index (χ2n) is 6.03. The molecule has 0 aliphatic heterocycles. The van der Waals surface area contributed by atoms with Crippen LogP contribution >= 0.6 is 7.75 Å². The van der Waals surface area contributed by atoms with Crippen molar-refractivity contribution in [1.82, 2.24) is 0 Å². The lowest BCUT2D eigenvalue weighted by Gasteiger charge is -2.21. The van der Waals surface area contributed by atoms with Crippen LogP contribution in [-0.2, 0) is 4.57 Å². The molecule has 0 saturated heterocycles. The van der Waals surface area contributed by atoms with Crippen molar-refractivity contribution in [2.45, 2.75) is 13.3 Å². The Balaban J connectivity index is 1.87. The Hall–Kier alpha value is -3.05. The molecule has 0 aliphatic carbocycles. The molecule has 3 aromatic rings. The molecular formula is C21H20F2NO4P. The van der Waals surface area contributed by atoms with Gasteiger partial charge in [0.25, 0.3) is 0 Å². The summed E-state index contributed by atoms with van der Waals surface area (Å²) >= 11 is 0.